The van der Waals surface area contributed by atoms with E-state index in [9.17, 15) is 9.59 Å². The van der Waals surface area contributed by atoms with Crippen molar-refractivity contribution in [1.29, 1.82) is 0 Å². The maximum absolute atomic E-state index is 13.1. The summed E-state index contributed by atoms with van der Waals surface area (Å²) in [6.45, 7) is 3.17. The molecule has 1 unspecified atom stereocenters. The minimum absolute atomic E-state index is 0.102. The van der Waals surface area contributed by atoms with E-state index in [2.05, 4.69) is 34.7 Å². The van der Waals surface area contributed by atoms with Crippen LogP contribution in [-0.4, -0.2) is 29.4 Å². The number of hydrogen-bond acceptors (Lipinski definition) is 3. The van der Waals surface area contributed by atoms with Crippen molar-refractivity contribution in [3.8, 4) is 0 Å². The van der Waals surface area contributed by atoms with Gasteiger partial charge in [0.15, 0.2) is 0 Å². The van der Waals surface area contributed by atoms with Gasteiger partial charge >= 0.3 is 0 Å². The highest BCUT2D eigenvalue weighted by atomic mass is 16.2. The van der Waals surface area contributed by atoms with Crippen LogP contribution in [0.1, 0.15) is 49.3 Å². The monoisotopic (exact) mass is 434 g/mol. The predicted octanol–water partition coefficient (Wildman–Crippen LogP) is 3.59. The molecule has 0 aliphatic rings. The Morgan fingerprint density at radius 2 is 1.84 bits per heavy atom. The van der Waals surface area contributed by atoms with Crippen LogP contribution in [0.2, 0.25) is 0 Å². The zero-order valence-electron chi connectivity index (χ0n) is 18.8. The largest absolute Gasteiger partial charge is 0.361 e. The molecule has 0 radical (unpaired) electrons. The Kier molecular flexibility index (Phi) is 8.87. The van der Waals surface area contributed by atoms with Gasteiger partial charge in [-0.1, -0.05) is 55.8 Å². The minimum Gasteiger partial charge on any atom is -0.361 e. The van der Waals surface area contributed by atoms with Crippen LogP contribution < -0.4 is 16.4 Å². The molecule has 2 amide bonds. The molecular formula is C26H34N4O2. The predicted molar refractivity (Wildman–Crippen MR) is 129 cm³/mol. The number of aryl methyl sites for hydroxylation is 1. The number of aromatic amines is 1. The molecule has 0 fully saturated rings. The van der Waals surface area contributed by atoms with Crippen LogP contribution in [0.5, 0.6) is 0 Å². The third-order valence-electron chi connectivity index (χ3n) is 5.73. The number of aromatic nitrogens is 1. The number of rotatable bonds is 12. The minimum atomic E-state index is -0.634. The third-order valence-corrected chi connectivity index (χ3v) is 5.73. The Morgan fingerprint density at radius 1 is 1.03 bits per heavy atom. The third kappa shape index (κ3) is 6.69. The van der Waals surface area contributed by atoms with Crippen molar-refractivity contribution in [3.05, 3.63) is 71.4 Å². The molecule has 1 atom stereocenters. The lowest BCUT2D eigenvalue weighted by Gasteiger charge is -2.19. The fourth-order valence-corrected chi connectivity index (χ4v) is 3.87. The second kappa shape index (κ2) is 12.1. The van der Waals surface area contributed by atoms with Gasteiger partial charge in [0.1, 0.15) is 6.04 Å². The zero-order valence-corrected chi connectivity index (χ0v) is 18.8. The fourth-order valence-electron chi connectivity index (χ4n) is 3.87. The van der Waals surface area contributed by atoms with E-state index in [1.54, 1.807) is 0 Å². The number of para-hydroxylation sites is 1. The number of carbonyl (C=O) groups excluding carboxylic acids is 2. The number of benzene rings is 2. The van der Waals surface area contributed by atoms with E-state index in [0.717, 1.165) is 47.7 Å². The van der Waals surface area contributed by atoms with Gasteiger partial charge in [-0.2, -0.15) is 0 Å². The van der Waals surface area contributed by atoms with Gasteiger partial charge in [0.25, 0.3) is 0 Å². The number of fused-ring (bicyclic) bond motifs is 1. The first kappa shape index (κ1) is 23.5. The van der Waals surface area contributed by atoms with Gasteiger partial charge in [0.2, 0.25) is 11.8 Å². The van der Waals surface area contributed by atoms with Crippen LogP contribution in [0, 0.1) is 0 Å². The molecule has 1 heterocycles. The van der Waals surface area contributed by atoms with Gasteiger partial charge in [-0.15, -0.1) is 0 Å². The van der Waals surface area contributed by atoms with Crippen molar-refractivity contribution in [2.24, 2.45) is 5.73 Å². The lowest BCUT2D eigenvalue weighted by atomic mass is 10.0. The highest BCUT2D eigenvalue weighted by Gasteiger charge is 2.22. The van der Waals surface area contributed by atoms with Crippen molar-refractivity contribution >= 4 is 22.7 Å². The summed E-state index contributed by atoms with van der Waals surface area (Å²) >= 11 is 0. The Hall–Kier alpha value is -3.12. The summed E-state index contributed by atoms with van der Waals surface area (Å²) in [5.41, 5.74) is 9.85. The Morgan fingerprint density at radius 3 is 2.66 bits per heavy atom. The normalized spacial score (nSPS) is 11.9. The summed E-state index contributed by atoms with van der Waals surface area (Å²) in [6, 6.07) is 15.5. The highest BCUT2D eigenvalue weighted by molar-refractivity contribution is 5.89. The smallest absolute Gasteiger partial charge is 0.243 e. The first-order valence-electron chi connectivity index (χ1n) is 11.5. The summed E-state index contributed by atoms with van der Waals surface area (Å²) < 4.78 is 0. The van der Waals surface area contributed by atoms with Gasteiger partial charge in [0.05, 0.1) is 0 Å². The zero-order chi connectivity index (χ0) is 22.8. The van der Waals surface area contributed by atoms with E-state index >= 15 is 0 Å². The second-order valence-corrected chi connectivity index (χ2v) is 8.17. The van der Waals surface area contributed by atoms with Crippen molar-refractivity contribution < 1.29 is 9.59 Å². The maximum Gasteiger partial charge on any atom is 0.243 e. The van der Waals surface area contributed by atoms with Crippen LogP contribution in [0.15, 0.2) is 54.7 Å². The molecule has 0 aliphatic carbocycles. The standard InChI is InChI=1S/C26H34N4O2/c1-2-19-9-8-10-20(15-19)17-29-26(32)24(30-25(31)13-4-3-7-14-27)16-21-18-28-23-12-6-5-11-22(21)23/h5-6,8-12,15,18,24,28H,2-4,7,13-14,16-17,27H2,1H3,(H,29,32)(H,30,31). The molecule has 6 heteroatoms. The van der Waals surface area contributed by atoms with Gasteiger partial charge in [0, 0.05) is 36.5 Å². The number of H-pyrrole nitrogens is 1. The maximum atomic E-state index is 13.1. The molecule has 6 nitrogen and oxygen atoms in total. The molecule has 0 saturated carbocycles. The van der Waals surface area contributed by atoms with Gasteiger partial charge in [-0.25, -0.2) is 0 Å². The van der Waals surface area contributed by atoms with E-state index in [1.165, 1.54) is 5.56 Å². The number of nitrogens with two attached hydrogens (primary N) is 1. The molecule has 0 bridgehead atoms. The molecule has 0 saturated heterocycles. The fraction of sp³-hybridized carbons (Fsp3) is 0.385. The summed E-state index contributed by atoms with van der Waals surface area (Å²) in [5.74, 6) is -0.275. The summed E-state index contributed by atoms with van der Waals surface area (Å²) in [5, 5.41) is 7.04. The van der Waals surface area contributed by atoms with Crippen molar-refractivity contribution in [1.82, 2.24) is 15.6 Å². The lowest BCUT2D eigenvalue weighted by molar-refractivity contribution is -0.129. The number of hydrogen-bond donors (Lipinski definition) is 4. The SMILES string of the molecule is CCc1cccc(CNC(=O)C(Cc2c[nH]c3ccccc23)NC(=O)CCCCCN)c1. The molecule has 32 heavy (non-hydrogen) atoms. The van der Waals surface area contributed by atoms with E-state index in [0.29, 0.717) is 25.9 Å². The first-order valence-corrected chi connectivity index (χ1v) is 11.5. The Balaban J connectivity index is 1.68. The molecule has 3 rings (SSSR count). The van der Waals surface area contributed by atoms with Crippen LogP contribution >= 0.6 is 0 Å². The molecule has 3 aromatic rings. The van der Waals surface area contributed by atoms with Crippen molar-refractivity contribution in [3.63, 3.8) is 0 Å². The molecule has 170 valence electrons. The molecular weight excluding hydrogens is 400 g/mol. The van der Waals surface area contributed by atoms with Crippen LogP contribution in [0.3, 0.4) is 0 Å². The number of unbranched alkanes of at least 4 members (excludes halogenated alkanes) is 2. The number of carbonyl (C=O) groups is 2. The van der Waals surface area contributed by atoms with Crippen molar-refractivity contribution in [2.45, 2.75) is 58.0 Å². The highest BCUT2D eigenvalue weighted by Crippen LogP contribution is 2.19. The summed E-state index contributed by atoms with van der Waals surface area (Å²) in [7, 11) is 0. The van der Waals surface area contributed by atoms with Crippen LogP contribution in [0.25, 0.3) is 10.9 Å². The van der Waals surface area contributed by atoms with Gasteiger partial charge in [-0.05, 0) is 48.6 Å². The lowest BCUT2D eigenvalue weighted by Crippen LogP contribution is -2.47. The molecule has 0 aliphatic heterocycles. The van der Waals surface area contributed by atoms with E-state index in [1.807, 2.05) is 42.6 Å². The Labute approximate surface area is 190 Å². The van der Waals surface area contributed by atoms with Gasteiger partial charge in [-0.3, -0.25) is 9.59 Å². The number of amides is 2. The van der Waals surface area contributed by atoms with E-state index in [-0.39, 0.29) is 11.8 Å². The summed E-state index contributed by atoms with van der Waals surface area (Å²) in [4.78, 5) is 28.9. The van der Waals surface area contributed by atoms with Crippen LogP contribution in [0.4, 0.5) is 0 Å². The molecule has 1 aromatic heterocycles. The van der Waals surface area contributed by atoms with E-state index in [4.69, 9.17) is 5.73 Å². The van der Waals surface area contributed by atoms with E-state index < -0.39 is 6.04 Å². The number of nitrogens with one attached hydrogen (secondary N) is 3. The van der Waals surface area contributed by atoms with Crippen molar-refractivity contribution in [2.75, 3.05) is 6.54 Å². The van der Waals surface area contributed by atoms with Crippen LogP contribution in [-0.2, 0) is 29.0 Å². The Bertz CT molecular complexity index is 1030. The molecule has 0 spiro atoms. The topological polar surface area (TPSA) is 100 Å². The average molecular weight is 435 g/mol. The van der Waals surface area contributed by atoms with Gasteiger partial charge < -0.3 is 21.4 Å². The molecule has 5 N–H and O–H groups in total. The average Bonchev–Trinajstić information content (AvgIpc) is 3.23. The molecule has 2 aromatic carbocycles. The summed E-state index contributed by atoms with van der Waals surface area (Å²) in [6.07, 6.45) is 6.29. The quantitative estimate of drug-likeness (QED) is 0.328. The first-order chi connectivity index (χ1) is 15.6. The second-order valence-electron chi connectivity index (χ2n) is 8.17.